The van der Waals surface area contributed by atoms with E-state index in [-0.39, 0.29) is 6.04 Å². The summed E-state index contributed by atoms with van der Waals surface area (Å²) in [5.41, 5.74) is 8.22. The van der Waals surface area contributed by atoms with E-state index < -0.39 is 0 Å². The molecular formula is C13H14Cl2N2S. The molecule has 0 radical (unpaired) electrons. The number of aromatic nitrogens is 1. The van der Waals surface area contributed by atoms with Crippen LogP contribution in [-0.4, -0.2) is 4.98 Å². The van der Waals surface area contributed by atoms with E-state index in [1.54, 1.807) is 17.4 Å². The molecule has 2 N–H and O–H groups in total. The molecule has 0 fully saturated rings. The van der Waals surface area contributed by atoms with E-state index >= 15 is 0 Å². The van der Waals surface area contributed by atoms with Crippen LogP contribution in [-0.2, 0) is 6.42 Å². The van der Waals surface area contributed by atoms with Gasteiger partial charge in [-0.2, -0.15) is 0 Å². The summed E-state index contributed by atoms with van der Waals surface area (Å²) >= 11 is 13.6. The number of rotatable bonds is 3. The van der Waals surface area contributed by atoms with E-state index in [0.717, 1.165) is 22.7 Å². The highest BCUT2D eigenvalue weighted by Gasteiger charge is 2.16. The Kier molecular flexibility index (Phi) is 4.28. The number of thiazole rings is 1. The van der Waals surface area contributed by atoms with Crippen LogP contribution >= 0.6 is 34.5 Å². The number of nitrogens with two attached hydrogens (primary N) is 1. The van der Waals surface area contributed by atoms with E-state index in [1.807, 2.05) is 12.1 Å². The summed E-state index contributed by atoms with van der Waals surface area (Å²) in [6, 6.07) is 5.09. The average molecular weight is 301 g/mol. The Labute approximate surface area is 121 Å². The Bertz CT molecular complexity index is 546. The topological polar surface area (TPSA) is 38.9 Å². The summed E-state index contributed by atoms with van der Waals surface area (Å²) in [5.74, 6) is 0. The van der Waals surface area contributed by atoms with Crippen LogP contribution in [0.5, 0.6) is 0 Å². The van der Waals surface area contributed by atoms with Crippen LogP contribution in [0.1, 0.15) is 34.1 Å². The van der Waals surface area contributed by atoms with Crippen LogP contribution < -0.4 is 5.73 Å². The fraction of sp³-hybridized carbons (Fsp3) is 0.308. The fourth-order valence-electron chi connectivity index (χ4n) is 1.81. The summed E-state index contributed by atoms with van der Waals surface area (Å²) in [6.07, 6.45) is 0.922. The zero-order valence-corrected chi connectivity index (χ0v) is 12.5. The minimum atomic E-state index is -0.273. The normalized spacial score (nSPS) is 12.7. The summed E-state index contributed by atoms with van der Waals surface area (Å²) in [4.78, 5) is 5.79. The predicted octanol–water partition coefficient (Wildman–Crippen LogP) is 4.37. The maximum atomic E-state index is 6.22. The van der Waals surface area contributed by atoms with Crippen molar-refractivity contribution in [2.24, 2.45) is 5.73 Å². The molecule has 0 amide bonds. The molecule has 0 bridgehead atoms. The molecule has 1 aromatic carbocycles. The molecule has 1 atom stereocenters. The lowest BCUT2D eigenvalue weighted by atomic mass is 10.1. The molecule has 0 aliphatic rings. The fourth-order valence-corrected chi connectivity index (χ4v) is 3.39. The molecule has 0 aliphatic carbocycles. The number of hydrogen-bond donors (Lipinski definition) is 1. The number of aryl methyl sites for hydroxylation is 2. The van der Waals surface area contributed by atoms with Gasteiger partial charge >= 0.3 is 0 Å². The maximum Gasteiger partial charge on any atom is 0.114 e. The van der Waals surface area contributed by atoms with Crippen molar-refractivity contribution < 1.29 is 0 Å². The van der Waals surface area contributed by atoms with Crippen molar-refractivity contribution >= 4 is 34.5 Å². The minimum Gasteiger partial charge on any atom is -0.318 e. The smallest absolute Gasteiger partial charge is 0.114 e. The molecule has 96 valence electrons. The molecule has 0 aliphatic heterocycles. The molecule has 5 heteroatoms. The third-order valence-corrected chi connectivity index (χ3v) is 4.29. The average Bonchev–Trinajstić information content (AvgIpc) is 2.68. The number of benzene rings is 1. The molecule has 0 spiro atoms. The molecule has 2 nitrogen and oxygen atoms in total. The summed E-state index contributed by atoms with van der Waals surface area (Å²) < 4.78 is 0. The molecule has 1 unspecified atom stereocenters. The first kappa shape index (κ1) is 13.8. The van der Waals surface area contributed by atoms with E-state index in [9.17, 15) is 0 Å². The Balaban J connectivity index is 2.37. The second kappa shape index (κ2) is 5.57. The van der Waals surface area contributed by atoms with E-state index in [1.165, 1.54) is 4.88 Å². The first-order chi connectivity index (χ1) is 8.51. The number of nitrogens with zero attached hydrogens (tertiary/aromatic N) is 1. The summed E-state index contributed by atoms with van der Waals surface area (Å²) in [6.45, 7) is 4.16. The molecule has 0 saturated heterocycles. The van der Waals surface area contributed by atoms with Gasteiger partial charge in [0.15, 0.2) is 0 Å². The van der Waals surface area contributed by atoms with Gasteiger partial charge in [0.2, 0.25) is 0 Å². The largest absolute Gasteiger partial charge is 0.318 e. The van der Waals surface area contributed by atoms with Crippen molar-refractivity contribution in [3.05, 3.63) is 49.4 Å². The molecule has 1 heterocycles. The third kappa shape index (κ3) is 2.86. The van der Waals surface area contributed by atoms with Gasteiger partial charge in [0.1, 0.15) is 5.01 Å². The van der Waals surface area contributed by atoms with Gasteiger partial charge in [0.25, 0.3) is 0 Å². The Morgan fingerprint density at radius 2 is 1.89 bits per heavy atom. The van der Waals surface area contributed by atoms with Crippen molar-refractivity contribution in [3.8, 4) is 0 Å². The van der Waals surface area contributed by atoms with Crippen LogP contribution in [0.3, 0.4) is 0 Å². The second-order valence-corrected chi connectivity index (χ2v) is 6.20. The van der Waals surface area contributed by atoms with E-state index in [0.29, 0.717) is 10.0 Å². The lowest BCUT2D eigenvalue weighted by molar-refractivity contribution is 0.844. The minimum absolute atomic E-state index is 0.273. The molecular weight excluding hydrogens is 287 g/mol. The first-order valence-electron chi connectivity index (χ1n) is 5.69. The zero-order valence-electron chi connectivity index (χ0n) is 10.2. The van der Waals surface area contributed by atoms with Gasteiger partial charge in [-0.3, -0.25) is 0 Å². The quantitative estimate of drug-likeness (QED) is 0.914. The Hall–Kier alpha value is -0.610. The third-order valence-electron chi connectivity index (χ3n) is 2.75. The van der Waals surface area contributed by atoms with Crippen molar-refractivity contribution in [1.29, 1.82) is 0 Å². The van der Waals surface area contributed by atoms with Crippen molar-refractivity contribution in [2.45, 2.75) is 26.3 Å². The summed E-state index contributed by atoms with van der Waals surface area (Å²) in [5, 5.41) is 2.09. The molecule has 0 saturated carbocycles. The van der Waals surface area contributed by atoms with Crippen LogP contribution in [0.4, 0.5) is 0 Å². The highest BCUT2D eigenvalue weighted by molar-refractivity contribution is 7.11. The zero-order chi connectivity index (χ0) is 13.3. The molecule has 2 aromatic rings. The van der Waals surface area contributed by atoms with Gasteiger partial charge in [-0.05, 0) is 37.1 Å². The van der Waals surface area contributed by atoms with Gasteiger partial charge < -0.3 is 5.73 Å². The maximum absolute atomic E-state index is 6.22. The van der Waals surface area contributed by atoms with Gasteiger partial charge in [-0.1, -0.05) is 30.1 Å². The molecule has 1 aromatic heterocycles. The Morgan fingerprint density at radius 3 is 2.39 bits per heavy atom. The van der Waals surface area contributed by atoms with Gasteiger partial charge in [-0.15, -0.1) is 11.3 Å². The highest BCUT2D eigenvalue weighted by atomic mass is 35.5. The summed E-state index contributed by atoms with van der Waals surface area (Å²) in [7, 11) is 0. The van der Waals surface area contributed by atoms with Gasteiger partial charge in [-0.25, -0.2) is 4.98 Å². The first-order valence-corrected chi connectivity index (χ1v) is 7.26. The van der Waals surface area contributed by atoms with Crippen LogP contribution in [0.25, 0.3) is 0 Å². The lowest BCUT2D eigenvalue weighted by Gasteiger charge is -2.09. The SMILES string of the molecule is CCc1nc(C(N)c2cc(Cl)cc(Cl)c2)sc1C. The van der Waals surface area contributed by atoms with Gasteiger partial charge in [0.05, 0.1) is 11.7 Å². The van der Waals surface area contributed by atoms with E-state index in [4.69, 9.17) is 28.9 Å². The van der Waals surface area contributed by atoms with E-state index in [2.05, 4.69) is 18.8 Å². The van der Waals surface area contributed by atoms with Crippen molar-refractivity contribution in [2.75, 3.05) is 0 Å². The lowest BCUT2D eigenvalue weighted by Crippen LogP contribution is -2.11. The predicted molar refractivity (Wildman–Crippen MR) is 78.7 cm³/mol. The van der Waals surface area contributed by atoms with Crippen molar-refractivity contribution in [1.82, 2.24) is 4.98 Å². The van der Waals surface area contributed by atoms with Crippen LogP contribution in [0.2, 0.25) is 10.0 Å². The van der Waals surface area contributed by atoms with Crippen LogP contribution in [0.15, 0.2) is 18.2 Å². The number of halogens is 2. The number of hydrogen-bond acceptors (Lipinski definition) is 3. The molecule has 18 heavy (non-hydrogen) atoms. The Morgan fingerprint density at radius 1 is 1.28 bits per heavy atom. The highest BCUT2D eigenvalue weighted by Crippen LogP contribution is 2.29. The second-order valence-electron chi connectivity index (χ2n) is 4.09. The van der Waals surface area contributed by atoms with Crippen LogP contribution in [0, 0.1) is 6.92 Å². The molecule has 2 rings (SSSR count). The van der Waals surface area contributed by atoms with Gasteiger partial charge in [0, 0.05) is 14.9 Å². The van der Waals surface area contributed by atoms with Crippen molar-refractivity contribution in [3.63, 3.8) is 0 Å². The standard InChI is InChI=1S/C13H14Cl2N2S/c1-3-11-7(2)18-13(17-11)12(16)8-4-9(14)6-10(15)5-8/h4-6,12H,3,16H2,1-2H3. The monoisotopic (exact) mass is 300 g/mol.